The number of benzene rings is 2. The van der Waals surface area contributed by atoms with Crippen LogP contribution in [0.25, 0.3) is 0 Å². The van der Waals surface area contributed by atoms with Crippen LogP contribution in [0.4, 0.5) is 5.69 Å². The summed E-state index contributed by atoms with van der Waals surface area (Å²) in [5, 5.41) is 5.59. The number of rotatable bonds is 4. The van der Waals surface area contributed by atoms with Gasteiger partial charge in [0.1, 0.15) is 0 Å². The second kappa shape index (κ2) is 7.52. The van der Waals surface area contributed by atoms with Crippen molar-refractivity contribution in [3.05, 3.63) is 64.7 Å². The number of sulfone groups is 1. The smallest absolute Gasteiger partial charge is 0.255 e. The Bertz CT molecular complexity index is 999. The number of nitrogens with one attached hydrogen (secondary N) is 2. The van der Waals surface area contributed by atoms with Crippen molar-refractivity contribution in [1.29, 1.82) is 0 Å². The van der Waals surface area contributed by atoms with E-state index in [1.165, 1.54) is 6.07 Å². The van der Waals surface area contributed by atoms with Gasteiger partial charge in [0.15, 0.2) is 9.84 Å². The number of carbonyl (C=O) groups is 2. The number of anilines is 1. The zero-order chi connectivity index (χ0) is 19.6. The molecule has 0 spiro atoms. The highest BCUT2D eigenvalue weighted by Crippen LogP contribution is 2.18. The normalized spacial score (nSPS) is 18.1. The van der Waals surface area contributed by atoms with Gasteiger partial charge in [0.05, 0.1) is 11.5 Å². The van der Waals surface area contributed by atoms with Gasteiger partial charge >= 0.3 is 0 Å². The number of hydrogen-bond donors (Lipinski definition) is 2. The van der Waals surface area contributed by atoms with Gasteiger partial charge in [0.2, 0.25) is 0 Å². The summed E-state index contributed by atoms with van der Waals surface area (Å²) in [4.78, 5) is 24.9. The van der Waals surface area contributed by atoms with Crippen LogP contribution in [-0.2, 0) is 9.84 Å². The van der Waals surface area contributed by atoms with E-state index in [1.54, 1.807) is 18.2 Å². The molecule has 0 aliphatic carbocycles. The number of aryl methyl sites for hydroxylation is 2. The Morgan fingerprint density at radius 2 is 1.70 bits per heavy atom. The number of amides is 2. The van der Waals surface area contributed by atoms with E-state index in [-0.39, 0.29) is 29.4 Å². The minimum absolute atomic E-state index is 0.0361. The molecule has 142 valence electrons. The molecule has 1 unspecified atom stereocenters. The maximum Gasteiger partial charge on any atom is 0.255 e. The first-order chi connectivity index (χ1) is 12.7. The van der Waals surface area contributed by atoms with Gasteiger partial charge < -0.3 is 10.6 Å². The summed E-state index contributed by atoms with van der Waals surface area (Å²) in [5.74, 6) is -0.625. The van der Waals surface area contributed by atoms with Gasteiger partial charge in [-0.15, -0.1) is 0 Å². The van der Waals surface area contributed by atoms with Gasteiger partial charge in [-0.2, -0.15) is 0 Å². The molecular weight excluding hydrogens is 364 g/mol. The average Bonchev–Trinajstić information content (AvgIpc) is 2.96. The second-order valence-corrected chi connectivity index (χ2v) is 9.16. The first-order valence-electron chi connectivity index (χ1n) is 8.73. The largest absolute Gasteiger partial charge is 0.348 e. The fourth-order valence-electron chi connectivity index (χ4n) is 3.13. The molecule has 0 aromatic heterocycles. The lowest BCUT2D eigenvalue weighted by Crippen LogP contribution is -2.35. The van der Waals surface area contributed by atoms with Crippen molar-refractivity contribution in [2.75, 3.05) is 16.8 Å². The van der Waals surface area contributed by atoms with Crippen molar-refractivity contribution >= 4 is 27.3 Å². The van der Waals surface area contributed by atoms with Gasteiger partial charge in [0, 0.05) is 22.9 Å². The van der Waals surface area contributed by atoms with E-state index in [1.807, 2.05) is 32.0 Å². The Kier molecular flexibility index (Phi) is 5.32. The lowest BCUT2D eigenvalue weighted by molar-refractivity contribution is 0.0941. The lowest BCUT2D eigenvalue weighted by atomic mass is 10.1. The molecule has 0 bridgehead atoms. The van der Waals surface area contributed by atoms with Crippen LogP contribution in [0, 0.1) is 13.8 Å². The van der Waals surface area contributed by atoms with E-state index in [0.717, 1.165) is 16.8 Å². The van der Waals surface area contributed by atoms with E-state index in [0.29, 0.717) is 17.5 Å². The van der Waals surface area contributed by atoms with Crippen LogP contribution in [0.15, 0.2) is 42.5 Å². The predicted octanol–water partition coefficient (Wildman–Crippen LogP) is 2.47. The molecule has 1 fully saturated rings. The lowest BCUT2D eigenvalue weighted by Gasteiger charge is -2.12. The van der Waals surface area contributed by atoms with E-state index in [2.05, 4.69) is 10.6 Å². The molecule has 0 radical (unpaired) electrons. The van der Waals surface area contributed by atoms with E-state index < -0.39 is 9.84 Å². The van der Waals surface area contributed by atoms with E-state index >= 15 is 0 Å². The first kappa shape index (κ1) is 19.1. The SMILES string of the molecule is Cc1ccc(NC(=O)c2cccc(C(=O)NC3CCS(=O)(=O)C3)c2)c(C)c1. The molecule has 1 saturated heterocycles. The summed E-state index contributed by atoms with van der Waals surface area (Å²) in [6, 6.07) is 11.8. The average molecular weight is 386 g/mol. The standard InChI is InChI=1S/C20H22N2O4S/c1-13-6-7-18(14(2)10-13)22-20(24)16-5-3-4-15(11-16)19(23)21-17-8-9-27(25,26)12-17/h3-7,10-11,17H,8-9,12H2,1-2H3,(H,21,23)(H,22,24). The summed E-state index contributed by atoms with van der Waals surface area (Å²) in [6.07, 6.45) is 0.418. The molecular formula is C20H22N2O4S. The molecule has 2 aromatic carbocycles. The van der Waals surface area contributed by atoms with Crippen molar-refractivity contribution in [3.8, 4) is 0 Å². The monoisotopic (exact) mass is 386 g/mol. The van der Waals surface area contributed by atoms with Crippen molar-refractivity contribution < 1.29 is 18.0 Å². The third-order valence-electron chi connectivity index (χ3n) is 4.58. The van der Waals surface area contributed by atoms with Gasteiger partial charge in [-0.25, -0.2) is 8.42 Å². The third-order valence-corrected chi connectivity index (χ3v) is 6.35. The van der Waals surface area contributed by atoms with Crippen LogP contribution >= 0.6 is 0 Å². The maximum absolute atomic E-state index is 12.5. The van der Waals surface area contributed by atoms with Crippen molar-refractivity contribution in [2.45, 2.75) is 26.3 Å². The Labute approximate surface area is 158 Å². The van der Waals surface area contributed by atoms with Crippen LogP contribution in [0.3, 0.4) is 0 Å². The molecule has 1 aliphatic rings. The highest BCUT2D eigenvalue weighted by Gasteiger charge is 2.29. The third kappa shape index (κ3) is 4.74. The Balaban J connectivity index is 1.71. The molecule has 0 saturated carbocycles. The highest BCUT2D eigenvalue weighted by atomic mass is 32.2. The van der Waals surface area contributed by atoms with Crippen LogP contribution in [0.2, 0.25) is 0 Å². The van der Waals surface area contributed by atoms with Crippen LogP contribution < -0.4 is 10.6 Å². The molecule has 7 heteroatoms. The van der Waals surface area contributed by atoms with E-state index in [4.69, 9.17) is 0 Å². The zero-order valence-electron chi connectivity index (χ0n) is 15.3. The molecule has 1 atom stereocenters. The summed E-state index contributed by atoms with van der Waals surface area (Å²) >= 11 is 0. The molecule has 2 aromatic rings. The van der Waals surface area contributed by atoms with Gasteiger partial charge in [-0.05, 0) is 50.1 Å². The minimum atomic E-state index is -3.07. The topological polar surface area (TPSA) is 92.3 Å². The quantitative estimate of drug-likeness (QED) is 0.844. The highest BCUT2D eigenvalue weighted by molar-refractivity contribution is 7.91. The van der Waals surface area contributed by atoms with Crippen LogP contribution in [-0.4, -0.2) is 37.8 Å². The minimum Gasteiger partial charge on any atom is -0.348 e. The molecule has 2 N–H and O–H groups in total. The number of carbonyl (C=O) groups excluding carboxylic acids is 2. The molecule has 6 nitrogen and oxygen atoms in total. The summed E-state index contributed by atoms with van der Waals surface area (Å²) < 4.78 is 23.0. The zero-order valence-corrected chi connectivity index (χ0v) is 16.1. The van der Waals surface area contributed by atoms with Gasteiger partial charge in [0.25, 0.3) is 11.8 Å². The van der Waals surface area contributed by atoms with Gasteiger partial charge in [-0.1, -0.05) is 23.8 Å². The fraction of sp³-hybridized carbons (Fsp3) is 0.300. The maximum atomic E-state index is 12.5. The van der Waals surface area contributed by atoms with Crippen molar-refractivity contribution in [1.82, 2.24) is 5.32 Å². The summed E-state index contributed by atoms with van der Waals surface area (Å²) in [6.45, 7) is 3.90. The summed E-state index contributed by atoms with van der Waals surface area (Å²) in [5.41, 5.74) is 3.48. The van der Waals surface area contributed by atoms with Gasteiger partial charge in [-0.3, -0.25) is 9.59 Å². The molecule has 1 aliphatic heterocycles. The van der Waals surface area contributed by atoms with E-state index in [9.17, 15) is 18.0 Å². The Morgan fingerprint density at radius 1 is 1.00 bits per heavy atom. The molecule has 2 amide bonds. The summed E-state index contributed by atoms with van der Waals surface area (Å²) in [7, 11) is -3.07. The predicted molar refractivity (Wildman–Crippen MR) is 105 cm³/mol. The van der Waals surface area contributed by atoms with Crippen molar-refractivity contribution in [2.24, 2.45) is 0 Å². The first-order valence-corrected chi connectivity index (χ1v) is 10.6. The number of hydrogen-bond acceptors (Lipinski definition) is 4. The Hall–Kier alpha value is -2.67. The fourth-order valence-corrected chi connectivity index (χ4v) is 4.80. The second-order valence-electron chi connectivity index (χ2n) is 6.93. The Morgan fingerprint density at radius 3 is 2.33 bits per heavy atom. The van der Waals surface area contributed by atoms with Crippen molar-refractivity contribution in [3.63, 3.8) is 0 Å². The molecule has 1 heterocycles. The molecule has 3 rings (SSSR count). The van der Waals surface area contributed by atoms with Crippen LogP contribution in [0.1, 0.15) is 38.3 Å². The molecule has 27 heavy (non-hydrogen) atoms. The van der Waals surface area contributed by atoms with Crippen LogP contribution in [0.5, 0.6) is 0 Å².